The molecule has 1 aromatic rings. The summed E-state index contributed by atoms with van der Waals surface area (Å²) >= 11 is 1.69. The van der Waals surface area contributed by atoms with E-state index in [0.717, 1.165) is 23.6 Å². The van der Waals surface area contributed by atoms with Crippen LogP contribution in [0.15, 0.2) is 17.3 Å². The molecule has 6 heteroatoms. The summed E-state index contributed by atoms with van der Waals surface area (Å²) < 4.78 is 4.75. The van der Waals surface area contributed by atoms with Crippen molar-refractivity contribution in [2.75, 3.05) is 31.9 Å². The lowest BCUT2D eigenvalue weighted by Crippen LogP contribution is -2.14. The molecule has 0 amide bonds. The number of hydrogen-bond donors (Lipinski definition) is 0. The predicted molar refractivity (Wildman–Crippen MR) is 75.4 cm³/mol. The van der Waals surface area contributed by atoms with Crippen molar-refractivity contribution >= 4 is 23.7 Å². The maximum absolute atomic E-state index is 11.4. The number of ether oxygens (including phenoxy) is 1. The normalized spacial score (nSPS) is 15.9. The van der Waals surface area contributed by atoms with Crippen molar-refractivity contribution in [1.82, 2.24) is 9.97 Å². The van der Waals surface area contributed by atoms with Crippen LogP contribution in [0.4, 0.5) is 5.95 Å². The number of aromatic nitrogens is 2. The number of carbonyl (C=O) groups excluding carboxylic acids is 1. The van der Waals surface area contributed by atoms with Crippen molar-refractivity contribution in [2.45, 2.75) is 24.3 Å². The second kappa shape index (κ2) is 5.77. The Morgan fingerprint density at radius 1 is 1.53 bits per heavy atom. The Morgan fingerprint density at radius 2 is 2.26 bits per heavy atom. The van der Waals surface area contributed by atoms with E-state index in [1.165, 1.54) is 7.11 Å². The van der Waals surface area contributed by atoms with Crippen LogP contribution in [0.25, 0.3) is 0 Å². The molecular weight excluding hydrogens is 262 g/mol. The van der Waals surface area contributed by atoms with Gasteiger partial charge in [-0.2, -0.15) is 0 Å². The standard InChI is InChI=1S/C13H19N3O2S/c1-16(2)12-14-7-4-10(15-12)19-9-13(5-6-13)8-11(17)18-3/h4,7H,5-6,8-9H2,1-3H3. The largest absolute Gasteiger partial charge is 0.469 e. The van der Waals surface area contributed by atoms with E-state index in [1.54, 1.807) is 18.0 Å². The lowest BCUT2D eigenvalue weighted by Gasteiger charge is -2.14. The highest BCUT2D eigenvalue weighted by atomic mass is 32.2. The molecule has 0 saturated heterocycles. The number of rotatable bonds is 6. The van der Waals surface area contributed by atoms with Crippen LogP contribution in [0.5, 0.6) is 0 Å². The molecule has 0 unspecified atom stereocenters. The lowest BCUT2D eigenvalue weighted by molar-refractivity contribution is -0.141. The molecule has 1 fully saturated rings. The summed E-state index contributed by atoms with van der Waals surface area (Å²) in [6.07, 6.45) is 4.48. The van der Waals surface area contributed by atoms with Gasteiger partial charge in [0, 0.05) is 26.0 Å². The monoisotopic (exact) mass is 281 g/mol. The Bertz CT molecular complexity index is 461. The van der Waals surface area contributed by atoms with Gasteiger partial charge in [-0.15, -0.1) is 11.8 Å². The Morgan fingerprint density at radius 3 is 2.84 bits per heavy atom. The first kappa shape index (κ1) is 14.1. The van der Waals surface area contributed by atoms with Gasteiger partial charge in [-0.05, 0) is 24.3 Å². The van der Waals surface area contributed by atoms with Gasteiger partial charge >= 0.3 is 5.97 Å². The van der Waals surface area contributed by atoms with Crippen LogP contribution in [-0.4, -0.2) is 42.9 Å². The fourth-order valence-electron chi connectivity index (χ4n) is 1.78. The molecular formula is C13H19N3O2S. The van der Waals surface area contributed by atoms with Gasteiger partial charge in [0.15, 0.2) is 0 Å². The number of hydrogen-bond acceptors (Lipinski definition) is 6. The van der Waals surface area contributed by atoms with Crippen molar-refractivity contribution in [3.8, 4) is 0 Å². The van der Waals surface area contributed by atoms with E-state index in [4.69, 9.17) is 4.74 Å². The summed E-state index contributed by atoms with van der Waals surface area (Å²) in [7, 11) is 5.28. The average Bonchev–Trinajstić information content (AvgIpc) is 3.17. The first-order valence-corrected chi connectivity index (χ1v) is 7.23. The minimum absolute atomic E-state index is 0.116. The molecule has 1 aliphatic rings. The highest BCUT2D eigenvalue weighted by Crippen LogP contribution is 2.52. The van der Waals surface area contributed by atoms with Gasteiger partial charge < -0.3 is 9.64 Å². The number of nitrogens with zero attached hydrogens (tertiary/aromatic N) is 3. The Labute approximate surface area is 117 Å². The molecule has 5 nitrogen and oxygen atoms in total. The van der Waals surface area contributed by atoms with Gasteiger partial charge in [0.05, 0.1) is 13.5 Å². The molecule has 0 bridgehead atoms. The zero-order valence-electron chi connectivity index (χ0n) is 11.5. The van der Waals surface area contributed by atoms with Crippen molar-refractivity contribution < 1.29 is 9.53 Å². The third-order valence-corrected chi connectivity index (χ3v) is 4.53. The van der Waals surface area contributed by atoms with Crippen LogP contribution in [0.1, 0.15) is 19.3 Å². The van der Waals surface area contributed by atoms with E-state index < -0.39 is 0 Å². The molecule has 1 aromatic heterocycles. The molecule has 1 heterocycles. The average molecular weight is 281 g/mol. The topological polar surface area (TPSA) is 55.3 Å². The summed E-state index contributed by atoms with van der Waals surface area (Å²) in [6, 6.07) is 1.91. The minimum Gasteiger partial charge on any atom is -0.469 e. The minimum atomic E-state index is -0.116. The molecule has 0 radical (unpaired) electrons. The van der Waals surface area contributed by atoms with E-state index in [-0.39, 0.29) is 11.4 Å². The Kier molecular flexibility index (Phi) is 4.29. The zero-order valence-corrected chi connectivity index (χ0v) is 12.4. The van der Waals surface area contributed by atoms with Gasteiger partial charge in [0.1, 0.15) is 5.03 Å². The van der Waals surface area contributed by atoms with Crippen molar-refractivity contribution in [3.05, 3.63) is 12.3 Å². The number of carbonyl (C=O) groups is 1. The fourth-order valence-corrected chi connectivity index (χ4v) is 2.93. The third kappa shape index (κ3) is 3.83. The number of anilines is 1. The fraction of sp³-hybridized carbons (Fsp3) is 0.615. The zero-order chi connectivity index (χ0) is 13.9. The second-order valence-electron chi connectivity index (χ2n) is 5.13. The van der Waals surface area contributed by atoms with Gasteiger partial charge in [-0.1, -0.05) is 0 Å². The van der Waals surface area contributed by atoms with Gasteiger partial charge in [0.25, 0.3) is 0 Å². The predicted octanol–water partition coefficient (Wildman–Crippen LogP) is 1.98. The quantitative estimate of drug-likeness (QED) is 0.451. The van der Waals surface area contributed by atoms with Crippen LogP contribution >= 0.6 is 11.8 Å². The van der Waals surface area contributed by atoms with Crippen LogP contribution in [-0.2, 0) is 9.53 Å². The van der Waals surface area contributed by atoms with Crippen LogP contribution in [0.2, 0.25) is 0 Å². The van der Waals surface area contributed by atoms with E-state index >= 15 is 0 Å². The second-order valence-corrected chi connectivity index (χ2v) is 6.13. The summed E-state index contributed by atoms with van der Waals surface area (Å²) in [5, 5.41) is 0.954. The first-order valence-electron chi connectivity index (χ1n) is 6.25. The first-order chi connectivity index (χ1) is 9.04. The van der Waals surface area contributed by atoms with Crippen molar-refractivity contribution in [2.24, 2.45) is 5.41 Å². The maximum Gasteiger partial charge on any atom is 0.306 e. The van der Waals surface area contributed by atoms with Gasteiger partial charge in [0.2, 0.25) is 5.95 Å². The van der Waals surface area contributed by atoms with Crippen LogP contribution < -0.4 is 4.90 Å². The number of esters is 1. The summed E-state index contributed by atoms with van der Waals surface area (Å²) in [6.45, 7) is 0. The van der Waals surface area contributed by atoms with Crippen LogP contribution in [0, 0.1) is 5.41 Å². The van der Waals surface area contributed by atoms with Gasteiger partial charge in [-0.3, -0.25) is 4.79 Å². The molecule has 0 spiro atoms. The molecule has 1 saturated carbocycles. The van der Waals surface area contributed by atoms with Crippen molar-refractivity contribution in [3.63, 3.8) is 0 Å². The molecule has 2 rings (SSSR count). The molecule has 0 atom stereocenters. The van der Waals surface area contributed by atoms with Crippen LogP contribution in [0.3, 0.4) is 0 Å². The summed E-state index contributed by atoms with van der Waals surface area (Å²) in [5.41, 5.74) is 0.126. The van der Waals surface area contributed by atoms with Crippen molar-refractivity contribution in [1.29, 1.82) is 0 Å². The third-order valence-electron chi connectivity index (χ3n) is 3.25. The molecule has 1 aliphatic carbocycles. The maximum atomic E-state index is 11.4. The van der Waals surface area contributed by atoms with E-state index in [2.05, 4.69) is 9.97 Å². The Balaban J connectivity index is 1.92. The van der Waals surface area contributed by atoms with E-state index in [0.29, 0.717) is 12.4 Å². The highest BCUT2D eigenvalue weighted by molar-refractivity contribution is 7.99. The number of thioether (sulfide) groups is 1. The molecule has 19 heavy (non-hydrogen) atoms. The number of methoxy groups -OCH3 is 1. The van der Waals surface area contributed by atoms with E-state index in [9.17, 15) is 4.79 Å². The SMILES string of the molecule is COC(=O)CC1(CSc2ccnc(N(C)C)n2)CC1. The molecule has 104 valence electrons. The molecule has 0 aliphatic heterocycles. The van der Waals surface area contributed by atoms with Gasteiger partial charge in [-0.25, -0.2) is 9.97 Å². The summed E-state index contributed by atoms with van der Waals surface area (Å²) in [5.74, 6) is 1.50. The lowest BCUT2D eigenvalue weighted by atomic mass is 10.1. The summed E-state index contributed by atoms with van der Waals surface area (Å²) in [4.78, 5) is 21.9. The molecule has 0 N–H and O–H groups in total. The smallest absolute Gasteiger partial charge is 0.306 e. The van der Waals surface area contributed by atoms with E-state index in [1.807, 2.05) is 25.1 Å². The highest BCUT2D eigenvalue weighted by Gasteiger charge is 2.44. The molecule has 0 aromatic carbocycles. The Hall–Kier alpha value is -1.30.